The standard InChI is InChI=1S/C23H24N2O3S/c1-17-7-9-19(10-8-17)11-16-23(26)24-20-12-14-21(15-13-20)29(27,28)25-22-6-4-3-5-18(22)2/h3-10,12-15,25H,11,16H2,1-2H3,(H,24,26). The average Bonchev–Trinajstić information content (AvgIpc) is 2.70. The minimum Gasteiger partial charge on any atom is -0.326 e. The van der Waals surface area contributed by atoms with Crippen LogP contribution in [0.4, 0.5) is 11.4 Å². The molecule has 0 aliphatic rings. The predicted octanol–water partition coefficient (Wildman–Crippen LogP) is 4.68. The van der Waals surface area contributed by atoms with Crippen LogP contribution in [0, 0.1) is 13.8 Å². The van der Waals surface area contributed by atoms with Crippen molar-refractivity contribution in [2.75, 3.05) is 10.0 Å². The maximum absolute atomic E-state index is 12.6. The predicted molar refractivity (Wildman–Crippen MR) is 117 cm³/mol. The van der Waals surface area contributed by atoms with Crippen molar-refractivity contribution in [3.8, 4) is 0 Å². The quantitative estimate of drug-likeness (QED) is 0.596. The Hall–Kier alpha value is -3.12. The van der Waals surface area contributed by atoms with Crippen molar-refractivity contribution in [1.29, 1.82) is 0 Å². The van der Waals surface area contributed by atoms with Gasteiger partial charge in [0.1, 0.15) is 0 Å². The molecule has 6 heteroatoms. The highest BCUT2D eigenvalue weighted by molar-refractivity contribution is 7.92. The Morgan fingerprint density at radius 2 is 1.52 bits per heavy atom. The molecule has 5 nitrogen and oxygen atoms in total. The van der Waals surface area contributed by atoms with E-state index in [-0.39, 0.29) is 10.8 Å². The van der Waals surface area contributed by atoms with E-state index >= 15 is 0 Å². The van der Waals surface area contributed by atoms with E-state index in [1.165, 1.54) is 17.7 Å². The fraction of sp³-hybridized carbons (Fsp3) is 0.174. The molecule has 150 valence electrons. The van der Waals surface area contributed by atoms with Crippen molar-refractivity contribution < 1.29 is 13.2 Å². The molecule has 0 saturated carbocycles. The van der Waals surface area contributed by atoms with E-state index in [1.807, 2.05) is 50.2 Å². The maximum atomic E-state index is 12.6. The van der Waals surface area contributed by atoms with Gasteiger partial charge in [0.05, 0.1) is 10.6 Å². The number of hydrogen-bond donors (Lipinski definition) is 2. The van der Waals surface area contributed by atoms with Crippen LogP contribution >= 0.6 is 0 Å². The lowest BCUT2D eigenvalue weighted by Crippen LogP contribution is -2.15. The lowest BCUT2D eigenvalue weighted by molar-refractivity contribution is -0.116. The molecular formula is C23H24N2O3S. The van der Waals surface area contributed by atoms with Crippen molar-refractivity contribution in [2.24, 2.45) is 0 Å². The Kier molecular flexibility index (Phi) is 6.34. The maximum Gasteiger partial charge on any atom is 0.261 e. The third-order valence-electron chi connectivity index (χ3n) is 4.60. The van der Waals surface area contributed by atoms with Gasteiger partial charge in [0.15, 0.2) is 0 Å². The van der Waals surface area contributed by atoms with Crippen molar-refractivity contribution in [3.05, 3.63) is 89.5 Å². The summed E-state index contributed by atoms with van der Waals surface area (Å²) in [5.74, 6) is -0.112. The van der Waals surface area contributed by atoms with Gasteiger partial charge in [0, 0.05) is 12.1 Å². The van der Waals surface area contributed by atoms with E-state index in [0.29, 0.717) is 24.2 Å². The van der Waals surface area contributed by atoms with Gasteiger partial charge in [-0.05, 0) is 61.7 Å². The third-order valence-corrected chi connectivity index (χ3v) is 5.98. The second-order valence-corrected chi connectivity index (χ2v) is 8.66. The van der Waals surface area contributed by atoms with Crippen LogP contribution in [0.15, 0.2) is 77.7 Å². The molecule has 0 radical (unpaired) electrons. The highest BCUT2D eigenvalue weighted by atomic mass is 32.2. The highest BCUT2D eigenvalue weighted by Crippen LogP contribution is 2.20. The van der Waals surface area contributed by atoms with Gasteiger partial charge in [-0.1, -0.05) is 48.0 Å². The summed E-state index contributed by atoms with van der Waals surface area (Å²) in [6.45, 7) is 3.87. The van der Waals surface area contributed by atoms with E-state index in [1.54, 1.807) is 24.3 Å². The zero-order valence-corrected chi connectivity index (χ0v) is 17.3. The second-order valence-electron chi connectivity index (χ2n) is 6.98. The van der Waals surface area contributed by atoms with Crippen molar-refractivity contribution in [1.82, 2.24) is 0 Å². The molecule has 2 N–H and O–H groups in total. The van der Waals surface area contributed by atoms with Gasteiger partial charge in [0.2, 0.25) is 5.91 Å². The number of nitrogens with one attached hydrogen (secondary N) is 2. The van der Waals surface area contributed by atoms with Crippen LogP contribution in [0.1, 0.15) is 23.1 Å². The van der Waals surface area contributed by atoms with Gasteiger partial charge in [-0.25, -0.2) is 8.42 Å². The smallest absolute Gasteiger partial charge is 0.261 e. The van der Waals surface area contributed by atoms with Gasteiger partial charge in [-0.2, -0.15) is 0 Å². The summed E-state index contributed by atoms with van der Waals surface area (Å²) in [6, 6.07) is 21.4. The first kappa shape index (κ1) is 20.6. The minimum atomic E-state index is -3.69. The van der Waals surface area contributed by atoms with Crippen LogP contribution in [0.2, 0.25) is 0 Å². The molecule has 0 aromatic heterocycles. The van der Waals surface area contributed by atoms with Crippen molar-refractivity contribution >= 4 is 27.3 Å². The Bertz CT molecular complexity index is 1090. The number of hydrogen-bond acceptors (Lipinski definition) is 3. The van der Waals surface area contributed by atoms with Crippen molar-refractivity contribution in [3.63, 3.8) is 0 Å². The average molecular weight is 409 g/mol. The molecule has 3 aromatic carbocycles. The lowest BCUT2D eigenvalue weighted by Gasteiger charge is -2.11. The first-order chi connectivity index (χ1) is 13.8. The minimum absolute atomic E-state index is 0.112. The van der Waals surface area contributed by atoms with Crippen LogP contribution in [0.5, 0.6) is 0 Å². The molecule has 29 heavy (non-hydrogen) atoms. The monoisotopic (exact) mass is 408 g/mol. The molecule has 0 atom stereocenters. The molecule has 0 heterocycles. The lowest BCUT2D eigenvalue weighted by atomic mass is 10.1. The fourth-order valence-corrected chi connectivity index (χ4v) is 3.98. The second kappa shape index (κ2) is 8.92. The summed E-state index contributed by atoms with van der Waals surface area (Å²) in [7, 11) is -3.69. The van der Waals surface area contributed by atoms with Crippen LogP contribution in [0.3, 0.4) is 0 Å². The molecular weight excluding hydrogens is 384 g/mol. The molecule has 3 rings (SSSR count). The Balaban J connectivity index is 1.59. The molecule has 3 aromatic rings. The Morgan fingerprint density at radius 1 is 0.862 bits per heavy atom. The summed E-state index contributed by atoms with van der Waals surface area (Å²) in [6.07, 6.45) is 1.01. The number of anilines is 2. The van der Waals surface area contributed by atoms with Gasteiger partial charge in [-0.15, -0.1) is 0 Å². The summed E-state index contributed by atoms with van der Waals surface area (Å²) < 4.78 is 27.7. The largest absolute Gasteiger partial charge is 0.326 e. The Morgan fingerprint density at radius 3 is 2.17 bits per heavy atom. The Labute approximate surface area is 171 Å². The van der Waals surface area contributed by atoms with Gasteiger partial charge in [-0.3, -0.25) is 9.52 Å². The van der Waals surface area contributed by atoms with Crippen LogP contribution in [-0.4, -0.2) is 14.3 Å². The van der Waals surface area contributed by atoms with E-state index in [2.05, 4.69) is 10.0 Å². The third kappa shape index (κ3) is 5.68. The van der Waals surface area contributed by atoms with E-state index in [9.17, 15) is 13.2 Å². The molecule has 0 aliphatic heterocycles. The van der Waals surface area contributed by atoms with Crippen LogP contribution in [0.25, 0.3) is 0 Å². The normalized spacial score (nSPS) is 11.1. The van der Waals surface area contributed by atoms with Crippen LogP contribution < -0.4 is 10.0 Å². The number of sulfonamides is 1. The first-order valence-corrected chi connectivity index (χ1v) is 10.9. The topological polar surface area (TPSA) is 75.3 Å². The number of aryl methyl sites for hydroxylation is 3. The number of carbonyl (C=O) groups excluding carboxylic acids is 1. The van der Waals surface area contributed by atoms with E-state index in [0.717, 1.165) is 11.1 Å². The first-order valence-electron chi connectivity index (χ1n) is 9.37. The fourth-order valence-electron chi connectivity index (χ4n) is 2.84. The van der Waals surface area contributed by atoms with Crippen molar-refractivity contribution in [2.45, 2.75) is 31.6 Å². The zero-order valence-electron chi connectivity index (χ0n) is 16.5. The van der Waals surface area contributed by atoms with Gasteiger partial charge < -0.3 is 5.32 Å². The molecule has 0 spiro atoms. The number of rotatable bonds is 7. The molecule has 1 amide bonds. The zero-order chi connectivity index (χ0) is 20.9. The summed E-state index contributed by atoms with van der Waals surface area (Å²) in [5, 5.41) is 2.81. The van der Waals surface area contributed by atoms with E-state index in [4.69, 9.17) is 0 Å². The van der Waals surface area contributed by atoms with E-state index < -0.39 is 10.0 Å². The summed E-state index contributed by atoms with van der Waals surface area (Å²) in [5.41, 5.74) is 4.24. The molecule has 0 unspecified atom stereocenters. The number of benzene rings is 3. The number of amides is 1. The molecule has 0 saturated heterocycles. The van der Waals surface area contributed by atoms with Crippen LogP contribution in [-0.2, 0) is 21.2 Å². The van der Waals surface area contributed by atoms with Gasteiger partial charge >= 0.3 is 0 Å². The molecule has 0 aliphatic carbocycles. The summed E-state index contributed by atoms with van der Waals surface area (Å²) >= 11 is 0. The number of carbonyl (C=O) groups is 1. The molecule has 0 bridgehead atoms. The molecule has 0 fully saturated rings. The highest BCUT2D eigenvalue weighted by Gasteiger charge is 2.15. The SMILES string of the molecule is Cc1ccc(CCC(=O)Nc2ccc(S(=O)(=O)Nc3ccccc3C)cc2)cc1. The van der Waals surface area contributed by atoms with Gasteiger partial charge in [0.25, 0.3) is 10.0 Å². The number of para-hydroxylation sites is 1. The summed E-state index contributed by atoms with van der Waals surface area (Å²) in [4.78, 5) is 12.3.